The highest BCUT2D eigenvalue weighted by Gasteiger charge is 2.31. The molecule has 1 saturated carbocycles. The van der Waals surface area contributed by atoms with Gasteiger partial charge in [0.05, 0.1) is 6.54 Å². The fourth-order valence-electron chi connectivity index (χ4n) is 4.10. The maximum Gasteiger partial charge on any atom is 0.239 e. The minimum absolute atomic E-state index is 0. The average molecular weight is 527 g/mol. The van der Waals surface area contributed by atoms with Gasteiger partial charge in [0.25, 0.3) is 0 Å². The van der Waals surface area contributed by atoms with E-state index in [1.54, 1.807) is 7.05 Å². The van der Waals surface area contributed by atoms with Gasteiger partial charge in [-0.15, -0.1) is 24.0 Å². The number of benzene rings is 1. The summed E-state index contributed by atoms with van der Waals surface area (Å²) in [5.41, 5.74) is 1.07. The van der Waals surface area contributed by atoms with Crippen LogP contribution in [0.3, 0.4) is 0 Å². The number of amides is 2. The molecule has 1 unspecified atom stereocenters. The van der Waals surface area contributed by atoms with E-state index in [0.717, 1.165) is 31.4 Å². The number of likely N-dealkylation sites (tertiary alicyclic amines) is 1. The highest BCUT2D eigenvalue weighted by molar-refractivity contribution is 14.0. The molecule has 8 heteroatoms. The highest BCUT2D eigenvalue weighted by atomic mass is 127. The normalized spacial score (nSPS) is 19.7. The minimum atomic E-state index is -0.0858. The second kappa shape index (κ2) is 12.8. The molecule has 1 aliphatic carbocycles. The lowest BCUT2D eigenvalue weighted by atomic mass is 9.88. The molecule has 1 aromatic carbocycles. The summed E-state index contributed by atoms with van der Waals surface area (Å²) in [6, 6.07) is 9.99. The Bertz CT molecular complexity index is 707. The zero-order valence-electron chi connectivity index (χ0n) is 17.7. The Morgan fingerprint density at radius 2 is 1.80 bits per heavy atom. The molecule has 3 N–H and O–H groups in total. The molecule has 166 valence electrons. The lowest BCUT2D eigenvalue weighted by Crippen LogP contribution is -2.48. The summed E-state index contributed by atoms with van der Waals surface area (Å²) < 4.78 is 0. The van der Waals surface area contributed by atoms with Crippen molar-refractivity contribution in [3.8, 4) is 0 Å². The van der Waals surface area contributed by atoms with Gasteiger partial charge in [-0.1, -0.05) is 49.6 Å². The zero-order valence-corrected chi connectivity index (χ0v) is 20.1. The number of carbonyl (C=O) groups excluding carboxylic acids is 2. The lowest BCUT2D eigenvalue weighted by Gasteiger charge is -2.26. The zero-order chi connectivity index (χ0) is 20.5. The second-order valence-corrected chi connectivity index (χ2v) is 7.94. The maximum absolute atomic E-state index is 12.7. The van der Waals surface area contributed by atoms with Crippen molar-refractivity contribution in [1.29, 1.82) is 0 Å². The van der Waals surface area contributed by atoms with Gasteiger partial charge in [0.1, 0.15) is 0 Å². The van der Waals surface area contributed by atoms with Crippen molar-refractivity contribution in [2.45, 2.75) is 51.1 Å². The van der Waals surface area contributed by atoms with Crippen LogP contribution < -0.4 is 16.0 Å². The van der Waals surface area contributed by atoms with E-state index in [1.807, 2.05) is 35.2 Å². The summed E-state index contributed by atoms with van der Waals surface area (Å²) in [4.78, 5) is 31.0. The van der Waals surface area contributed by atoms with Gasteiger partial charge in [-0.05, 0) is 24.8 Å². The fourth-order valence-corrected chi connectivity index (χ4v) is 4.10. The Balaban J connectivity index is 0.00000320. The van der Waals surface area contributed by atoms with Gasteiger partial charge in [-0.25, -0.2) is 0 Å². The summed E-state index contributed by atoms with van der Waals surface area (Å²) in [5.74, 6) is 1.04. The van der Waals surface area contributed by atoms with Crippen LogP contribution in [0.5, 0.6) is 0 Å². The third kappa shape index (κ3) is 7.45. The van der Waals surface area contributed by atoms with Crippen LogP contribution in [0.1, 0.15) is 44.1 Å². The molecule has 0 spiro atoms. The molecule has 1 atom stereocenters. The molecular weight excluding hydrogens is 493 g/mol. The van der Waals surface area contributed by atoms with Crippen LogP contribution in [0.2, 0.25) is 0 Å². The first-order valence-corrected chi connectivity index (χ1v) is 10.7. The van der Waals surface area contributed by atoms with Crippen molar-refractivity contribution in [2.24, 2.45) is 10.9 Å². The molecule has 2 aliphatic rings. The standard InChI is InChI=1S/C22H33N5O2.HI/c1-23-22(25-15-20(28)24-14-17-8-4-2-5-9-17)26-19-12-13-27(16-19)21(29)18-10-6-3-7-11-18;/h2,4-5,8-9,18-19H,3,6-7,10-16H2,1H3,(H,24,28)(H2,23,25,26);1H. The van der Waals surface area contributed by atoms with Crippen LogP contribution in [-0.4, -0.2) is 55.4 Å². The Morgan fingerprint density at radius 1 is 1.07 bits per heavy atom. The average Bonchev–Trinajstić information content (AvgIpc) is 3.24. The first kappa shape index (κ1) is 24.4. The molecule has 0 bridgehead atoms. The minimum Gasteiger partial charge on any atom is -0.352 e. The van der Waals surface area contributed by atoms with E-state index >= 15 is 0 Å². The SMILES string of the molecule is CN=C(NCC(=O)NCc1ccccc1)NC1CCN(C(=O)C2CCCCC2)C1.I. The van der Waals surface area contributed by atoms with Crippen molar-refractivity contribution in [3.05, 3.63) is 35.9 Å². The topological polar surface area (TPSA) is 85.8 Å². The number of halogens is 1. The molecule has 1 saturated heterocycles. The fraction of sp³-hybridized carbons (Fsp3) is 0.591. The van der Waals surface area contributed by atoms with E-state index in [1.165, 1.54) is 19.3 Å². The first-order valence-electron chi connectivity index (χ1n) is 10.7. The van der Waals surface area contributed by atoms with Crippen molar-refractivity contribution in [2.75, 3.05) is 26.7 Å². The molecule has 0 radical (unpaired) electrons. The Labute approximate surface area is 196 Å². The number of hydrogen-bond acceptors (Lipinski definition) is 3. The Kier molecular flexibility index (Phi) is 10.4. The highest BCUT2D eigenvalue weighted by Crippen LogP contribution is 2.26. The monoisotopic (exact) mass is 527 g/mol. The Morgan fingerprint density at radius 3 is 2.50 bits per heavy atom. The van der Waals surface area contributed by atoms with Crippen molar-refractivity contribution >= 4 is 41.8 Å². The third-order valence-corrected chi connectivity index (χ3v) is 5.77. The van der Waals surface area contributed by atoms with Crippen LogP contribution in [0.15, 0.2) is 35.3 Å². The second-order valence-electron chi connectivity index (χ2n) is 7.94. The number of aliphatic imine (C=N–C) groups is 1. The summed E-state index contributed by atoms with van der Waals surface area (Å²) >= 11 is 0. The molecule has 1 aliphatic heterocycles. The smallest absolute Gasteiger partial charge is 0.239 e. The van der Waals surface area contributed by atoms with E-state index in [0.29, 0.717) is 25.0 Å². The summed E-state index contributed by atoms with van der Waals surface area (Å²) in [7, 11) is 1.69. The summed E-state index contributed by atoms with van der Waals surface area (Å²) in [6.07, 6.45) is 6.58. The molecule has 30 heavy (non-hydrogen) atoms. The molecular formula is C22H34IN5O2. The van der Waals surface area contributed by atoms with Crippen LogP contribution in [0.4, 0.5) is 0 Å². The molecule has 2 amide bonds. The summed E-state index contributed by atoms with van der Waals surface area (Å²) in [6.45, 7) is 2.16. The third-order valence-electron chi connectivity index (χ3n) is 5.77. The predicted octanol–water partition coefficient (Wildman–Crippen LogP) is 2.27. The predicted molar refractivity (Wildman–Crippen MR) is 130 cm³/mol. The van der Waals surface area contributed by atoms with E-state index in [-0.39, 0.29) is 48.4 Å². The van der Waals surface area contributed by atoms with Crippen LogP contribution in [0, 0.1) is 5.92 Å². The molecule has 2 fully saturated rings. The lowest BCUT2D eigenvalue weighted by molar-refractivity contribution is -0.135. The van der Waals surface area contributed by atoms with Crippen LogP contribution in [0.25, 0.3) is 0 Å². The largest absolute Gasteiger partial charge is 0.352 e. The number of rotatable bonds is 6. The first-order chi connectivity index (χ1) is 14.2. The van der Waals surface area contributed by atoms with Gasteiger partial charge >= 0.3 is 0 Å². The number of hydrogen-bond donors (Lipinski definition) is 3. The molecule has 7 nitrogen and oxygen atoms in total. The molecule has 1 heterocycles. The molecule has 3 rings (SSSR count). The maximum atomic E-state index is 12.7. The molecule has 0 aromatic heterocycles. The van der Waals surface area contributed by atoms with E-state index < -0.39 is 0 Å². The number of guanidine groups is 1. The Hall–Kier alpha value is -1.84. The van der Waals surface area contributed by atoms with Gasteiger partial charge in [0.15, 0.2) is 5.96 Å². The van der Waals surface area contributed by atoms with Gasteiger partial charge < -0.3 is 20.9 Å². The van der Waals surface area contributed by atoms with Gasteiger partial charge in [0, 0.05) is 38.6 Å². The van der Waals surface area contributed by atoms with Crippen molar-refractivity contribution in [1.82, 2.24) is 20.9 Å². The van der Waals surface area contributed by atoms with Gasteiger partial charge in [-0.3, -0.25) is 14.6 Å². The molecule has 1 aromatic rings. The van der Waals surface area contributed by atoms with Crippen molar-refractivity contribution < 1.29 is 9.59 Å². The van der Waals surface area contributed by atoms with Crippen molar-refractivity contribution in [3.63, 3.8) is 0 Å². The van der Waals surface area contributed by atoms with E-state index in [4.69, 9.17) is 0 Å². The van der Waals surface area contributed by atoms with Crippen LogP contribution in [-0.2, 0) is 16.1 Å². The van der Waals surface area contributed by atoms with E-state index in [9.17, 15) is 9.59 Å². The van der Waals surface area contributed by atoms with Gasteiger partial charge in [-0.2, -0.15) is 0 Å². The van der Waals surface area contributed by atoms with E-state index in [2.05, 4.69) is 20.9 Å². The van der Waals surface area contributed by atoms with Crippen LogP contribution >= 0.6 is 24.0 Å². The number of nitrogens with one attached hydrogen (secondary N) is 3. The number of carbonyl (C=O) groups is 2. The van der Waals surface area contributed by atoms with Gasteiger partial charge in [0.2, 0.25) is 11.8 Å². The summed E-state index contributed by atoms with van der Waals surface area (Å²) in [5, 5.41) is 9.30. The quantitative estimate of drug-likeness (QED) is 0.301. The number of nitrogens with zero attached hydrogens (tertiary/aromatic N) is 2.